The number of ether oxygens (including phenoxy) is 1. The fraction of sp³-hybridized carbons (Fsp3) is 0.412. The van der Waals surface area contributed by atoms with Gasteiger partial charge in [-0.3, -0.25) is 4.68 Å². The number of benzene rings is 1. The quantitative estimate of drug-likeness (QED) is 0.778. The Hall–Kier alpha value is -2.22. The Morgan fingerprint density at radius 3 is 2.58 bits per heavy atom. The van der Waals surface area contributed by atoms with Gasteiger partial charge in [0, 0.05) is 12.1 Å². The lowest BCUT2D eigenvalue weighted by molar-refractivity contribution is -0.169. The number of rotatable bonds is 6. The van der Waals surface area contributed by atoms with E-state index in [1.807, 2.05) is 0 Å². The fourth-order valence-electron chi connectivity index (χ4n) is 2.59. The molecule has 1 heterocycles. The number of hydrogen-bond acceptors (Lipinski definition) is 3. The number of hydrogen-bond donors (Lipinski definition) is 1. The van der Waals surface area contributed by atoms with Crippen molar-refractivity contribution in [2.24, 2.45) is 5.92 Å². The van der Waals surface area contributed by atoms with Crippen molar-refractivity contribution in [3.05, 3.63) is 34.5 Å². The molecule has 2 rings (SSSR count). The highest BCUT2D eigenvalue weighted by Crippen LogP contribution is 2.38. The Labute approximate surface area is 153 Å². The minimum Gasteiger partial charge on any atom is -0.496 e. The number of carbonyl (C=O) groups is 1. The minimum atomic E-state index is -4.29. The van der Waals surface area contributed by atoms with Gasteiger partial charge < -0.3 is 9.84 Å². The van der Waals surface area contributed by atoms with E-state index >= 15 is 0 Å². The van der Waals surface area contributed by atoms with Crippen LogP contribution in [-0.4, -0.2) is 34.1 Å². The molecule has 9 heteroatoms. The van der Waals surface area contributed by atoms with E-state index in [4.69, 9.17) is 16.3 Å². The summed E-state index contributed by atoms with van der Waals surface area (Å²) in [5.74, 6) is -2.47. The van der Waals surface area contributed by atoms with Crippen molar-refractivity contribution in [2.45, 2.75) is 33.0 Å². The normalized spacial score (nSPS) is 12.9. The van der Waals surface area contributed by atoms with Gasteiger partial charge in [-0.25, -0.2) is 4.79 Å². The molecule has 2 aromatic rings. The summed E-state index contributed by atoms with van der Waals surface area (Å²) in [7, 11) is 1.38. The molecule has 1 aromatic carbocycles. The standard InChI is InChI=1S/C17H18ClF3N2O3/c1-4-23-15(13(18)14(22-23)16(24)25)11-6-5-10(8-12(11)26-3)7-9(2)17(19,20)21/h5-6,8-9H,4,7H2,1-3H3,(H,24,25)/t9-/m1/s1. The van der Waals surface area contributed by atoms with Gasteiger partial charge in [0.05, 0.1) is 18.7 Å². The van der Waals surface area contributed by atoms with E-state index in [1.165, 1.54) is 17.9 Å². The second-order valence-corrected chi connectivity index (χ2v) is 6.19. The first-order valence-electron chi connectivity index (χ1n) is 7.83. The molecular formula is C17H18ClF3N2O3. The van der Waals surface area contributed by atoms with E-state index in [-0.39, 0.29) is 17.1 Å². The summed E-state index contributed by atoms with van der Waals surface area (Å²) >= 11 is 6.18. The lowest BCUT2D eigenvalue weighted by Crippen LogP contribution is -2.21. The Balaban J connectivity index is 2.50. The molecule has 1 N–H and O–H groups in total. The van der Waals surface area contributed by atoms with Crippen LogP contribution in [0.4, 0.5) is 13.2 Å². The average molecular weight is 391 g/mol. The second-order valence-electron chi connectivity index (χ2n) is 5.81. The summed E-state index contributed by atoms with van der Waals surface area (Å²) in [6.07, 6.45) is -4.48. The zero-order valence-corrected chi connectivity index (χ0v) is 15.1. The first kappa shape index (κ1) is 20.1. The third-order valence-electron chi connectivity index (χ3n) is 4.02. The predicted octanol–water partition coefficient (Wildman–Crippen LogP) is 4.67. The van der Waals surface area contributed by atoms with Crippen LogP contribution in [0.5, 0.6) is 5.75 Å². The smallest absolute Gasteiger partial charge is 0.391 e. The summed E-state index contributed by atoms with van der Waals surface area (Å²) < 4.78 is 45.0. The highest BCUT2D eigenvalue weighted by molar-refractivity contribution is 6.35. The van der Waals surface area contributed by atoms with E-state index in [2.05, 4.69) is 5.10 Å². The van der Waals surface area contributed by atoms with Crippen molar-refractivity contribution < 1.29 is 27.8 Å². The van der Waals surface area contributed by atoms with E-state index in [1.54, 1.807) is 19.1 Å². The Kier molecular flexibility index (Phi) is 5.85. The first-order valence-corrected chi connectivity index (χ1v) is 8.21. The van der Waals surface area contributed by atoms with E-state index in [9.17, 15) is 23.1 Å². The van der Waals surface area contributed by atoms with Gasteiger partial charge in [0.2, 0.25) is 0 Å². The van der Waals surface area contributed by atoms with Crippen LogP contribution in [-0.2, 0) is 13.0 Å². The molecule has 0 aliphatic heterocycles. The zero-order valence-electron chi connectivity index (χ0n) is 14.4. The number of nitrogens with zero attached hydrogens (tertiary/aromatic N) is 2. The average Bonchev–Trinajstić information content (AvgIpc) is 2.90. The molecule has 0 aliphatic rings. The van der Waals surface area contributed by atoms with Gasteiger partial charge in [-0.1, -0.05) is 24.6 Å². The predicted molar refractivity (Wildman–Crippen MR) is 90.8 cm³/mol. The number of aryl methyl sites for hydroxylation is 1. The maximum absolute atomic E-state index is 12.8. The summed E-state index contributed by atoms with van der Waals surface area (Å²) in [6, 6.07) is 4.61. The van der Waals surface area contributed by atoms with Gasteiger partial charge in [-0.05, 0) is 31.0 Å². The molecule has 0 fully saturated rings. The molecule has 0 saturated heterocycles. The van der Waals surface area contributed by atoms with Crippen molar-refractivity contribution in [2.75, 3.05) is 7.11 Å². The lowest BCUT2D eigenvalue weighted by Gasteiger charge is -2.17. The second kappa shape index (κ2) is 7.57. The number of aromatic nitrogens is 2. The zero-order chi connectivity index (χ0) is 19.6. The Morgan fingerprint density at radius 1 is 1.42 bits per heavy atom. The van der Waals surface area contributed by atoms with E-state index < -0.39 is 18.1 Å². The van der Waals surface area contributed by atoms with Crippen LogP contribution in [0.3, 0.4) is 0 Å². The van der Waals surface area contributed by atoms with Crippen LogP contribution >= 0.6 is 11.6 Å². The molecule has 1 atom stereocenters. The molecule has 0 saturated carbocycles. The van der Waals surface area contributed by atoms with Crippen LogP contribution in [0.25, 0.3) is 11.3 Å². The van der Waals surface area contributed by atoms with Crippen molar-refractivity contribution in [3.63, 3.8) is 0 Å². The summed E-state index contributed by atoms with van der Waals surface area (Å²) in [5.41, 5.74) is 0.967. The highest BCUT2D eigenvalue weighted by atomic mass is 35.5. The van der Waals surface area contributed by atoms with Gasteiger partial charge in [-0.2, -0.15) is 18.3 Å². The molecule has 0 unspecified atom stereocenters. The lowest BCUT2D eigenvalue weighted by atomic mass is 9.98. The summed E-state index contributed by atoms with van der Waals surface area (Å²) in [6.45, 7) is 3.24. The monoisotopic (exact) mass is 390 g/mol. The molecule has 5 nitrogen and oxygen atoms in total. The maximum Gasteiger partial charge on any atom is 0.391 e. The largest absolute Gasteiger partial charge is 0.496 e. The van der Waals surface area contributed by atoms with E-state index in [0.29, 0.717) is 29.1 Å². The van der Waals surface area contributed by atoms with Crippen LogP contribution in [0.15, 0.2) is 18.2 Å². The van der Waals surface area contributed by atoms with Gasteiger partial charge >= 0.3 is 12.1 Å². The number of alkyl halides is 3. The molecule has 26 heavy (non-hydrogen) atoms. The van der Waals surface area contributed by atoms with Gasteiger partial charge in [0.1, 0.15) is 10.8 Å². The molecule has 0 radical (unpaired) electrons. The highest BCUT2D eigenvalue weighted by Gasteiger charge is 2.35. The summed E-state index contributed by atoms with van der Waals surface area (Å²) in [4.78, 5) is 11.3. The topological polar surface area (TPSA) is 64.4 Å². The molecular weight excluding hydrogens is 373 g/mol. The van der Waals surface area contributed by atoms with Crippen molar-refractivity contribution >= 4 is 17.6 Å². The number of methoxy groups -OCH3 is 1. The van der Waals surface area contributed by atoms with Crippen LogP contribution < -0.4 is 4.74 Å². The molecule has 1 aromatic heterocycles. The van der Waals surface area contributed by atoms with Crippen molar-refractivity contribution in [3.8, 4) is 17.0 Å². The number of carboxylic acids is 1. The van der Waals surface area contributed by atoms with Gasteiger partial charge in [0.25, 0.3) is 0 Å². The maximum atomic E-state index is 12.8. The Bertz CT molecular complexity index is 818. The van der Waals surface area contributed by atoms with E-state index in [0.717, 1.165) is 6.92 Å². The third kappa shape index (κ3) is 3.95. The minimum absolute atomic E-state index is 0.0472. The molecule has 142 valence electrons. The van der Waals surface area contributed by atoms with Crippen LogP contribution in [0.2, 0.25) is 5.02 Å². The van der Waals surface area contributed by atoms with Crippen LogP contribution in [0.1, 0.15) is 29.9 Å². The molecule has 0 bridgehead atoms. The first-order chi connectivity index (χ1) is 12.1. The molecule has 0 spiro atoms. The van der Waals surface area contributed by atoms with Crippen molar-refractivity contribution in [1.82, 2.24) is 9.78 Å². The third-order valence-corrected chi connectivity index (χ3v) is 4.38. The van der Waals surface area contributed by atoms with Gasteiger partial charge in [0.15, 0.2) is 5.69 Å². The van der Waals surface area contributed by atoms with Crippen LogP contribution in [0, 0.1) is 5.92 Å². The fourth-order valence-corrected chi connectivity index (χ4v) is 2.91. The SMILES string of the molecule is CCn1nc(C(=O)O)c(Cl)c1-c1ccc(C[C@@H](C)C(F)(F)F)cc1OC. The van der Waals surface area contributed by atoms with Gasteiger partial charge in [-0.15, -0.1) is 0 Å². The summed E-state index contributed by atoms with van der Waals surface area (Å²) in [5, 5.41) is 13.1. The number of carboxylic acid groups (broad SMARTS) is 1. The Morgan fingerprint density at radius 2 is 2.08 bits per heavy atom. The van der Waals surface area contributed by atoms with Crippen molar-refractivity contribution in [1.29, 1.82) is 0 Å². The number of aromatic carboxylic acids is 1. The number of halogens is 4. The molecule has 0 aliphatic carbocycles. The molecule has 0 amide bonds.